The van der Waals surface area contributed by atoms with E-state index in [2.05, 4.69) is 20.0 Å². The van der Waals surface area contributed by atoms with Crippen LogP contribution in [0.25, 0.3) is 5.69 Å². The Labute approximate surface area is 157 Å². The van der Waals surface area contributed by atoms with E-state index in [9.17, 15) is 9.90 Å². The van der Waals surface area contributed by atoms with Gasteiger partial charge in [-0.1, -0.05) is 12.1 Å². The van der Waals surface area contributed by atoms with Gasteiger partial charge in [-0.05, 0) is 38.4 Å². The number of para-hydroxylation sites is 1. The van der Waals surface area contributed by atoms with Crippen LogP contribution in [0.1, 0.15) is 46.2 Å². The number of aryl methyl sites for hydroxylation is 1. The molecule has 0 saturated carbocycles. The standard InChI is InChI=1S/C20H21N5O2/c1-14-9-21-11-17(23-14)19-7-4-8-24(19)12-15-10-22-25(13-15)18-6-3-2-5-16(18)20(26)27/h2-3,5-6,9-11,13,19H,4,7-8,12H2,1H3,(H,26,27). The molecule has 0 spiro atoms. The summed E-state index contributed by atoms with van der Waals surface area (Å²) in [7, 11) is 0. The monoisotopic (exact) mass is 363 g/mol. The van der Waals surface area contributed by atoms with E-state index in [1.807, 2.05) is 25.4 Å². The van der Waals surface area contributed by atoms with Gasteiger partial charge in [-0.15, -0.1) is 0 Å². The lowest BCUT2D eigenvalue weighted by atomic mass is 10.1. The summed E-state index contributed by atoms with van der Waals surface area (Å²) in [5, 5.41) is 13.8. The van der Waals surface area contributed by atoms with Gasteiger partial charge >= 0.3 is 5.97 Å². The molecule has 1 N–H and O–H groups in total. The Bertz CT molecular complexity index is 968. The van der Waals surface area contributed by atoms with Crippen molar-refractivity contribution in [1.82, 2.24) is 24.6 Å². The molecule has 7 nitrogen and oxygen atoms in total. The fourth-order valence-electron chi connectivity index (χ4n) is 3.66. The van der Waals surface area contributed by atoms with E-state index in [1.54, 1.807) is 35.3 Å². The van der Waals surface area contributed by atoms with Crippen molar-refractivity contribution in [3.63, 3.8) is 0 Å². The first-order valence-electron chi connectivity index (χ1n) is 9.00. The summed E-state index contributed by atoms with van der Waals surface area (Å²) in [4.78, 5) is 22.7. The number of aromatic nitrogens is 4. The summed E-state index contributed by atoms with van der Waals surface area (Å²) in [5.74, 6) is -0.958. The number of aromatic carboxylic acids is 1. The van der Waals surface area contributed by atoms with Crippen LogP contribution in [-0.4, -0.2) is 42.3 Å². The predicted molar refractivity (Wildman–Crippen MR) is 99.7 cm³/mol. The molecule has 1 fully saturated rings. The minimum Gasteiger partial charge on any atom is -0.478 e. The summed E-state index contributed by atoms with van der Waals surface area (Å²) in [6, 6.07) is 7.14. The largest absolute Gasteiger partial charge is 0.478 e. The Morgan fingerprint density at radius 2 is 2.11 bits per heavy atom. The van der Waals surface area contributed by atoms with Crippen molar-refractivity contribution < 1.29 is 9.90 Å². The van der Waals surface area contributed by atoms with Crippen LogP contribution in [0.2, 0.25) is 0 Å². The molecule has 1 unspecified atom stereocenters. The van der Waals surface area contributed by atoms with E-state index < -0.39 is 5.97 Å². The van der Waals surface area contributed by atoms with Crippen LogP contribution < -0.4 is 0 Å². The van der Waals surface area contributed by atoms with Crippen molar-refractivity contribution in [2.24, 2.45) is 0 Å². The van der Waals surface area contributed by atoms with Crippen molar-refractivity contribution in [2.45, 2.75) is 32.4 Å². The molecule has 1 aromatic carbocycles. The minimum absolute atomic E-state index is 0.237. The Morgan fingerprint density at radius 1 is 1.26 bits per heavy atom. The highest BCUT2D eigenvalue weighted by Gasteiger charge is 2.27. The molecule has 1 atom stereocenters. The fourth-order valence-corrected chi connectivity index (χ4v) is 3.66. The fraction of sp³-hybridized carbons (Fsp3) is 0.300. The molecule has 1 saturated heterocycles. The van der Waals surface area contributed by atoms with Gasteiger partial charge in [0.05, 0.1) is 34.9 Å². The van der Waals surface area contributed by atoms with Crippen LogP contribution >= 0.6 is 0 Å². The van der Waals surface area contributed by atoms with Gasteiger partial charge in [-0.2, -0.15) is 5.10 Å². The first kappa shape index (κ1) is 17.4. The molecule has 3 heterocycles. The Hall–Kier alpha value is -3.06. The van der Waals surface area contributed by atoms with Crippen molar-refractivity contribution in [2.75, 3.05) is 6.54 Å². The summed E-state index contributed by atoms with van der Waals surface area (Å²) >= 11 is 0. The van der Waals surface area contributed by atoms with Gasteiger partial charge in [0.1, 0.15) is 0 Å². The molecule has 3 aromatic rings. The summed E-state index contributed by atoms with van der Waals surface area (Å²) in [6.45, 7) is 3.70. The van der Waals surface area contributed by atoms with Crippen LogP contribution in [-0.2, 0) is 6.54 Å². The van der Waals surface area contributed by atoms with Crippen molar-refractivity contribution in [3.05, 3.63) is 71.6 Å². The SMILES string of the molecule is Cc1cncc(C2CCCN2Cc2cnn(-c3ccccc3C(=O)O)c2)n1. The zero-order valence-corrected chi connectivity index (χ0v) is 15.1. The quantitative estimate of drug-likeness (QED) is 0.750. The van der Waals surface area contributed by atoms with E-state index in [4.69, 9.17) is 0 Å². The summed E-state index contributed by atoms with van der Waals surface area (Å²) < 4.78 is 1.64. The third-order valence-corrected chi connectivity index (χ3v) is 4.88. The zero-order chi connectivity index (χ0) is 18.8. The summed E-state index contributed by atoms with van der Waals surface area (Å²) in [5.41, 5.74) is 3.79. The molecule has 2 aromatic heterocycles. The Morgan fingerprint density at radius 3 is 2.93 bits per heavy atom. The molecule has 4 rings (SSSR count). The second kappa shape index (κ2) is 7.28. The zero-order valence-electron chi connectivity index (χ0n) is 15.1. The van der Waals surface area contributed by atoms with E-state index in [0.717, 1.165) is 42.9 Å². The average Bonchev–Trinajstić information content (AvgIpc) is 3.32. The number of hydrogen-bond donors (Lipinski definition) is 1. The molecule has 27 heavy (non-hydrogen) atoms. The highest BCUT2D eigenvalue weighted by Crippen LogP contribution is 2.32. The normalized spacial score (nSPS) is 17.3. The molecule has 0 amide bonds. The molecular weight excluding hydrogens is 342 g/mol. The minimum atomic E-state index is -0.958. The molecule has 0 radical (unpaired) electrons. The van der Waals surface area contributed by atoms with E-state index in [0.29, 0.717) is 5.69 Å². The average molecular weight is 363 g/mol. The number of carboxylic acids is 1. The highest BCUT2D eigenvalue weighted by molar-refractivity contribution is 5.91. The number of rotatable bonds is 5. The molecular formula is C20H21N5O2. The lowest BCUT2D eigenvalue weighted by molar-refractivity contribution is 0.0696. The molecule has 1 aliphatic rings. The van der Waals surface area contributed by atoms with Gasteiger partial charge < -0.3 is 5.11 Å². The number of nitrogens with zero attached hydrogens (tertiary/aromatic N) is 5. The maximum Gasteiger partial charge on any atom is 0.337 e. The highest BCUT2D eigenvalue weighted by atomic mass is 16.4. The number of likely N-dealkylation sites (tertiary alicyclic amines) is 1. The van der Waals surface area contributed by atoms with Crippen LogP contribution in [0, 0.1) is 6.92 Å². The van der Waals surface area contributed by atoms with Crippen LogP contribution in [0.3, 0.4) is 0 Å². The third-order valence-electron chi connectivity index (χ3n) is 4.88. The molecule has 1 aliphatic heterocycles. The topological polar surface area (TPSA) is 84.1 Å². The molecule has 7 heteroatoms. The lowest BCUT2D eigenvalue weighted by Crippen LogP contribution is -2.23. The second-order valence-electron chi connectivity index (χ2n) is 6.83. The first-order chi connectivity index (χ1) is 13.1. The predicted octanol–water partition coefficient (Wildman–Crippen LogP) is 3.01. The van der Waals surface area contributed by atoms with Crippen molar-refractivity contribution in [3.8, 4) is 5.69 Å². The number of hydrogen-bond acceptors (Lipinski definition) is 5. The van der Waals surface area contributed by atoms with Gasteiger partial charge in [0.25, 0.3) is 0 Å². The maximum absolute atomic E-state index is 11.4. The van der Waals surface area contributed by atoms with E-state index in [1.165, 1.54) is 0 Å². The summed E-state index contributed by atoms with van der Waals surface area (Å²) in [6.07, 6.45) is 9.51. The van der Waals surface area contributed by atoms with Gasteiger partial charge in [0.15, 0.2) is 0 Å². The Balaban J connectivity index is 1.55. The van der Waals surface area contributed by atoms with Crippen molar-refractivity contribution >= 4 is 5.97 Å². The van der Waals surface area contributed by atoms with Gasteiger partial charge in [-0.25, -0.2) is 9.48 Å². The maximum atomic E-state index is 11.4. The number of carbonyl (C=O) groups is 1. The first-order valence-corrected chi connectivity index (χ1v) is 9.00. The number of benzene rings is 1. The lowest BCUT2D eigenvalue weighted by Gasteiger charge is -2.23. The molecule has 0 bridgehead atoms. The van der Waals surface area contributed by atoms with Crippen molar-refractivity contribution in [1.29, 1.82) is 0 Å². The van der Waals surface area contributed by atoms with E-state index in [-0.39, 0.29) is 11.6 Å². The van der Waals surface area contributed by atoms with Crippen LogP contribution in [0.4, 0.5) is 0 Å². The Kier molecular flexibility index (Phi) is 4.68. The third kappa shape index (κ3) is 3.59. The molecule has 138 valence electrons. The van der Waals surface area contributed by atoms with Crippen LogP contribution in [0.5, 0.6) is 0 Å². The van der Waals surface area contributed by atoms with Crippen LogP contribution in [0.15, 0.2) is 49.1 Å². The van der Waals surface area contributed by atoms with Gasteiger partial charge in [-0.3, -0.25) is 14.9 Å². The second-order valence-corrected chi connectivity index (χ2v) is 6.83. The van der Waals surface area contributed by atoms with Gasteiger partial charge in [0, 0.05) is 30.7 Å². The number of carboxylic acid groups (broad SMARTS) is 1. The van der Waals surface area contributed by atoms with E-state index >= 15 is 0 Å². The van der Waals surface area contributed by atoms with Gasteiger partial charge in [0.2, 0.25) is 0 Å². The molecule has 0 aliphatic carbocycles. The smallest absolute Gasteiger partial charge is 0.337 e.